The number of alkyl halides is 3. The third kappa shape index (κ3) is 4.90. The van der Waals surface area contributed by atoms with Crippen molar-refractivity contribution in [2.75, 3.05) is 11.9 Å². The molecular weight excluding hydrogens is 348 g/mol. The van der Waals surface area contributed by atoms with Gasteiger partial charge in [0, 0.05) is 0 Å². The van der Waals surface area contributed by atoms with E-state index in [2.05, 4.69) is 5.32 Å². The van der Waals surface area contributed by atoms with Crippen LogP contribution in [0.2, 0.25) is 0 Å². The number of ether oxygens (including phenoxy) is 1. The van der Waals surface area contributed by atoms with Crippen LogP contribution in [0, 0.1) is 15.9 Å². The van der Waals surface area contributed by atoms with Crippen molar-refractivity contribution in [3.05, 3.63) is 64.0 Å². The molecular formula is C15H10F4N2O4. The number of hydrogen-bond donors (Lipinski definition) is 1. The summed E-state index contributed by atoms with van der Waals surface area (Å²) in [6, 6.07) is 6.43. The largest absolute Gasteiger partial charge is 0.484 e. The Labute approximate surface area is 138 Å². The lowest BCUT2D eigenvalue weighted by Crippen LogP contribution is -2.21. The number of nitro groups is 1. The van der Waals surface area contributed by atoms with Gasteiger partial charge in [0.1, 0.15) is 17.3 Å². The molecule has 2 aromatic carbocycles. The summed E-state index contributed by atoms with van der Waals surface area (Å²) in [6.45, 7) is -0.685. The Balaban J connectivity index is 2.04. The van der Waals surface area contributed by atoms with Crippen LogP contribution in [0.15, 0.2) is 42.5 Å². The molecule has 0 aliphatic rings. The minimum atomic E-state index is -4.56. The van der Waals surface area contributed by atoms with E-state index in [4.69, 9.17) is 4.74 Å². The smallest absolute Gasteiger partial charge is 0.416 e. The fraction of sp³-hybridized carbons (Fsp3) is 0.133. The molecule has 2 aromatic rings. The third-order valence-corrected chi connectivity index (χ3v) is 2.96. The van der Waals surface area contributed by atoms with Crippen LogP contribution in [0.5, 0.6) is 5.75 Å². The fourth-order valence-corrected chi connectivity index (χ4v) is 1.86. The van der Waals surface area contributed by atoms with Crippen molar-refractivity contribution in [1.29, 1.82) is 0 Å². The van der Waals surface area contributed by atoms with Gasteiger partial charge >= 0.3 is 6.18 Å². The van der Waals surface area contributed by atoms with Gasteiger partial charge in [-0.25, -0.2) is 4.39 Å². The topological polar surface area (TPSA) is 81.5 Å². The summed E-state index contributed by atoms with van der Waals surface area (Å²) in [5.41, 5.74) is -1.86. The van der Waals surface area contributed by atoms with Crippen LogP contribution in [0.3, 0.4) is 0 Å². The predicted molar refractivity (Wildman–Crippen MR) is 78.6 cm³/mol. The van der Waals surface area contributed by atoms with Gasteiger partial charge in [-0.05, 0) is 30.3 Å². The highest BCUT2D eigenvalue weighted by atomic mass is 19.4. The number of halogens is 4. The quantitative estimate of drug-likeness (QED) is 0.501. The minimum absolute atomic E-state index is 0.196. The Morgan fingerprint density at radius 1 is 1.20 bits per heavy atom. The van der Waals surface area contributed by atoms with Gasteiger partial charge in [0.05, 0.1) is 16.6 Å². The van der Waals surface area contributed by atoms with Crippen LogP contribution >= 0.6 is 0 Å². The van der Waals surface area contributed by atoms with Crippen molar-refractivity contribution in [1.82, 2.24) is 0 Å². The maximum Gasteiger partial charge on any atom is 0.416 e. The minimum Gasteiger partial charge on any atom is -0.484 e. The van der Waals surface area contributed by atoms with Crippen molar-refractivity contribution < 1.29 is 32.0 Å². The second-order valence-corrected chi connectivity index (χ2v) is 4.78. The number of rotatable bonds is 5. The summed E-state index contributed by atoms with van der Waals surface area (Å²) in [6.07, 6.45) is -4.56. The van der Waals surface area contributed by atoms with Gasteiger partial charge in [0.15, 0.2) is 6.61 Å². The molecule has 0 bridgehead atoms. The highest BCUT2D eigenvalue weighted by molar-refractivity contribution is 5.94. The van der Waals surface area contributed by atoms with Crippen molar-refractivity contribution in [3.63, 3.8) is 0 Å². The van der Waals surface area contributed by atoms with E-state index in [0.29, 0.717) is 12.1 Å². The summed E-state index contributed by atoms with van der Waals surface area (Å²) >= 11 is 0. The van der Waals surface area contributed by atoms with E-state index in [-0.39, 0.29) is 11.4 Å². The van der Waals surface area contributed by atoms with Crippen LogP contribution in [-0.4, -0.2) is 17.4 Å². The van der Waals surface area contributed by atoms with Gasteiger partial charge < -0.3 is 10.1 Å². The normalized spacial score (nSPS) is 11.0. The average molecular weight is 358 g/mol. The number of carbonyl (C=O) groups excluding carboxylic acids is 1. The average Bonchev–Trinajstić information content (AvgIpc) is 2.54. The van der Waals surface area contributed by atoms with E-state index in [0.717, 1.165) is 24.3 Å². The second-order valence-electron chi connectivity index (χ2n) is 4.78. The first-order valence-electron chi connectivity index (χ1n) is 6.70. The fourth-order valence-electron chi connectivity index (χ4n) is 1.86. The lowest BCUT2D eigenvalue weighted by Gasteiger charge is -2.10. The Morgan fingerprint density at radius 3 is 2.56 bits per heavy atom. The molecule has 0 saturated heterocycles. The van der Waals surface area contributed by atoms with Gasteiger partial charge in [-0.15, -0.1) is 0 Å². The van der Waals surface area contributed by atoms with Crippen LogP contribution in [0.1, 0.15) is 5.56 Å². The number of nitrogens with one attached hydrogen (secondary N) is 1. The van der Waals surface area contributed by atoms with Crippen molar-refractivity contribution in [2.24, 2.45) is 0 Å². The molecule has 25 heavy (non-hydrogen) atoms. The first-order valence-corrected chi connectivity index (χ1v) is 6.70. The molecule has 1 amide bonds. The van der Waals surface area contributed by atoms with E-state index >= 15 is 0 Å². The number of carbonyl (C=O) groups is 1. The number of anilines is 1. The predicted octanol–water partition coefficient (Wildman–Crippen LogP) is 3.77. The first-order chi connectivity index (χ1) is 11.7. The standard InChI is InChI=1S/C15H10F4N2O4/c16-10-4-5-12(13(7-10)21(23)24)20-14(22)8-25-11-3-1-2-9(6-11)15(17,18)19/h1-7H,8H2,(H,20,22). The van der Waals surface area contributed by atoms with Crippen LogP contribution in [0.25, 0.3) is 0 Å². The van der Waals surface area contributed by atoms with Gasteiger partial charge in [0.2, 0.25) is 0 Å². The number of nitro benzene ring substituents is 1. The van der Waals surface area contributed by atoms with Crippen LogP contribution < -0.4 is 10.1 Å². The number of amides is 1. The summed E-state index contributed by atoms with van der Waals surface area (Å²) in [5.74, 6) is -1.91. The van der Waals surface area contributed by atoms with Gasteiger partial charge in [-0.1, -0.05) is 6.07 Å². The molecule has 6 nitrogen and oxygen atoms in total. The molecule has 0 spiro atoms. The summed E-state index contributed by atoms with van der Waals surface area (Å²) in [5, 5.41) is 13.0. The maximum atomic E-state index is 13.0. The molecule has 2 rings (SSSR count). The van der Waals surface area contributed by atoms with E-state index in [1.807, 2.05) is 0 Å². The molecule has 0 saturated carbocycles. The second kappa shape index (κ2) is 7.16. The highest BCUT2D eigenvalue weighted by Crippen LogP contribution is 2.31. The van der Waals surface area contributed by atoms with E-state index in [9.17, 15) is 32.5 Å². The molecule has 0 aliphatic heterocycles. The lowest BCUT2D eigenvalue weighted by atomic mass is 10.2. The van der Waals surface area contributed by atoms with Gasteiger partial charge in [-0.2, -0.15) is 13.2 Å². The van der Waals surface area contributed by atoms with E-state index in [1.165, 1.54) is 6.07 Å². The third-order valence-electron chi connectivity index (χ3n) is 2.96. The molecule has 132 valence electrons. The molecule has 0 heterocycles. The monoisotopic (exact) mass is 358 g/mol. The molecule has 0 aliphatic carbocycles. The van der Waals surface area contributed by atoms with Gasteiger partial charge in [-0.3, -0.25) is 14.9 Å². The number of nitrogens with zero attached hydrogens (tertiary/aromatic N) is 1. The zero-order valence-corrected chi connectivity index (χ0v) is 12.3. The van der Waals surface area contributed by atoms with Crippen molar-refractivity contribution >= 4 is 17.3 Å². The SMILES string of the molecule is O=C(COc1cccc(C(F)(F)F)c1)Nc1ccc(F)cc1[N+](=O)[O-]. The number of benzene rings is 2. The Hall–Kier alpha value is -3.17. The summed E-state index contributed by atoms with van der Waals surface area (Å²) < 4.78 is 55.7. The Morgan fingerprint density at radius 2 is 1.92 bits per heavy atom. The van der Waals surface area contributed by atoms with E-state index in [1.54, 1.807) is 0 Å². The molecule has 0 unspecified atom stereocenters. The summed E-state index contributed by atoms with van der Waals surface area (Å²) in [7, 11) is 0. The lowest BCUT2D eigenvalue weighted by molar-refractivity contribution is -0.384. The highest BCUT2D eigenvalue weighted by Gasteiger charge is 2.30. The zero-order chi connectivity index (χ0) is 18.6. The Kier molecular flexibility index (Phi) is 5.20. The zero-order valence-electron chi connectivity index (χ0n) is 12.3. The van der Waals surface area contributed by atoms with Gasteiger partial charge in [0.25, 0.3) is 11.6 Å². The van der Waals surface area contributed by atoms with Crippen LogP contribution in [-0.2, 0) is 11.0 Å². The number of hydrogen-bond acceptors (Lipinski definition) is 4. The maximum absolute atomic E-state index is 13.0. The summed E-state index contributed by atoms with van der Waals surface area (Å²) in [4.78, 5) is 21.7. The molecule has 0 aromatic heterocycles. The van der Waals surface area contributed by atoms with Crippen LogP contribution in [0.4, 0.5) is 28.9 Å². The van der Waals surface area contributed by atoms with E-state index < -0.39 is 40.7 Å². The molecule has 10 heteroatoms. The molecule has 0 radical (unpaired) electrons. The first kappa shape index (κ1) is 18.2. The molecule has 0 atom stereocenters. The Bertz CT molecular complexity index is 808. The van der Waals surface area contributed by atoms with Crippen molar-refractivity contribution in [3.8, 4) is 5.75 Å². The molecule has 0 fully saturated rings. The molecule has 1 N–H and O–H groups in total. The van der Waals surface area contributed by atoms with Crippen molar-refractivity contribution in [2.45, 2.75) is 6.18 Å².